The molecule has 115 heavy (non-hydrogen) atoms. The van der Waals surface area contributed by atoms with Gasteiger partial charge in [0.1, 0.15) is 78.0 Å². The molecular weight excluding hydrogens is 1530 g/mol. The first-order chi connectivity index (χ1) is 54.6. The number of carboxylic acid groups (broad SMARTS) is 1. The van der Waals surface area contributed by atoms with Gasteiger partial charge in [-0.15, -0.1) is 0 Å². The number of hydrogen-bond donors (Lipinski definition) is 20. The number of aliphatic hydroxyl groups is 2. The number of benzene rings is 4. The minimum Gasteiger partial charge on any atom is -0.508 e. The number of carbonyl (C=O) groups is 13. The van der Waals surface area contributed by atoms with Crippen molar-refractivity contribution in [3.63, 3.8) is 0 Å². The van der Waals surface area contributed by atoms with Gasteiger partial charge in [-0.05, 0) is 103 Å². The molecule has 1 aromatic heterocycles. The summed E-state index contributed by atoms with van der Waals surface area (Å²) in [5.74, 6) is -12.3. The number of pyridine rings is 1. The number of phenolic OH excluding ortho intramolecular Hbond substituents is 2. The highest BCUT2D eigenvalue weighted by Crippen LogP contribution is 2.24. The lowest BCUT2D eigenvalue weighted by molar-refractivity contribution is -0.139. The van der Waals surface area contributed by atoms with Crippen molar-refractivity contribution in [1.82, 2.24) is 74.1 Å². The fraction of sp³-hybridized carbons (Fsp3) is 0.494. The maximum Gasteiger partial charge on any atom is 0.303 e. The normalized spacial score (nSPS) is 24.6. The molecular formula is C79H107N15O19S2. The maximum atomic E-state index is 15.2. The number of amides is 12. The van der Waals surface area contributed by atoms with Crippen LogP contribution in [0.3, 0.4) is 0 Å². The molecule has 34 nitrogen and oxygen atoms in total. The quantitative estimate of drug-likeness (QED) is 0.0528. The highest BCUT2D eigenvalue weighted by atomic mass is 32.2. The Balaban J connectivity index is 1.26. The molecule has 0 saturated carbocycles. The van der Waals surface area contributed by atoms with E-state index in [1.165, 1.54) is 92.0 Å². The van der Waals surface area contributed by atoms with E-state index >= 15 is 4.79 Å². The van der Waals surface area contributed by atoms with Crippen molar-refractivity contribution in [2.24, 2.45) is 11.1 Å². The van der Waals surface area contributed by atoms with Crippen LogP contribution in [0.5, 0.6) is 11.5 Å². The summed E-state index contributed by atoms with van der Waals surface area (Å²) in [4.78, 5) is 203. The minimum atomic E-state index is -1.93. The Morgan fingerprint density at radius 1 is 0.522 bits per heavy atom. The van der Waals surface area contributed by atoms with Gasteiger partial charge in [0.25, 0.3) is 0 Å². The molecule has 2 aliphatic heterocycles. The van der Waals surface area contributed by atoms with Crippen LogP contribution in [0.25, 0.3) is 10.9 Å². The lowest BCUT2D eigenvalue weighted by Gasteiger charge is -2.32. The number of primary amides is 1. The van der Waals surface area contributed by atoms with Crippen molar-refractivity contribution < 1.29 is 87.9 Å². The van der Waals surface area contributed by atoms with Crippen LogP contribution < -0.4 is 80.4 Å². The van der Waals surface area contributed by atoms with Gasteiger partial charge in [0.05, 0.1) is 12.2 Å². The number of hydrogen-bond acceptors (Lipinski definition) is 22. The number of para-hydroxylation sites is 1. The molecule has 624 valence electrons. The summed E-state index contributed by atoms with van der Waals surface area (Å²) in [5.41, 5.74) is 7.22. The SMILES string of the molecule is CCC[C@@H]1NC(=O)[C@H](Cc2cc(=O)[nH]c3ccccc23)NC(=O)[C@H]([C@@H](C)O)NC(=O)[C@H](CC2CNCN2)NC(=O)[C@H](Cc2ccc(O)cc2)NC(=O)[C@H](C(C)(C)C)NC(=O)CCSCc2cccc(c2)CSC[C@@H](C(N)=O)NC(=O)[C@H]([C@@H](C)O)NC(=O)[C@H](CCC)NC(=O)[C@H](Cc2ccc(O)cc2)NC(=O)[C@H](CCC(=O)O)NC1=O. The monoisotopic (exact) mass is 1630 g/mol. The number of aromatic nitrogens is 1. The molecule has 21 N–H and O–H groups in total. The van der Waals surface area contributed by atoms with Gasteiger partial charge in [-0.25, -0.2) is 0 Å². The van der Waals surface area contributed by atoms with E-state index in [2.05, 4.69) is 74.1 Å². The molecule has 0 aliphatic carbocycles. The van der Waals surface area contributed by atoms with Gasteiger partial charge in [0, 0.05) is 91.3 Å². The highest BCUT2D eigenvalue weighted by molar-refractivity contribution is 7.98. The fourth-order valence-corrected chi connectivity index (χ4v) is 14.8. The number of carboxylic acids is 1. The van der Waals surface area contributed by atoms with Gasteiger partial charge in [0.15, 0.2) is 0 Å². The number of aromatic hydroxyl groups is 2. The van der Waals surface area contributed by atoms with Gasteiger partial charge >= 0.3 is 5.97 Å². The number of H-pyrrole nitrogens is 1. The molecule has 1 fully saturated rings. The first-order valence-electron chi connectivity index (χ1n) is 38.1. The van der Waals surface area contributed by atoms with Crippen molar-refractivity contribution in [3.05, 3.63) is 141 Å². The van der Waals surface area contributed by atoms with E-state index in [0.29, 0.717) is 52.5 Å². The first-order valence-corrected chi connectivity index (χ1v) is 40.4. The van der Waals surface area contributed by atoms with E-state index < -0.39 is 192 Å². The van der Waals surface area contributed by atoms with Crippen molar-refractivity contribution in [1.29, 1.82) is 0 Å². The average Bonchev–Trinajstić information content (AvgIpc) is 1.10. The van der Waals surface area contributed by atoms with Crippen LogP contribution in [0.15, 0.2) is 108 Å². The predicted octanol–water partition coefficient (Wildman–Crippen LogP) is -0.463. The van der Waals surface area contributed by atoms with Crippen LogP contribution in [0.1, 0.15) is 128 Å². The number of nitrogens with two attached hydrogens (primary N) is 1. The third kappa shape index (κ3) is 29.0. The number of phenols is 2. The minimum absolute atomic E-state index is 0.0413. The standard InChI is InChI=1S/C79H107N15O19S2/c1-8-13-54-69(104)86-56(27-28-64(101)102)70(105)87-57(32-44-19-23-50(97)24-20-44)72(107)85-55(14-9-2)71(106)93-66(43(4)96)77(112)91-61(68(80)103)40-115-39-47-16-12-15-46(31-47)38-114-30-29-62(99)92-67(79(5,6)7)78(113)90-58(33-45-21-25-51(98)26-22-45)73(108)88-60(36-49-37-81-41-82-49)75(110)94-65(42(3)95)76(111)89-59(74(109)84-54)34-48-35-63(100)83-53-18-11-10-17-52(48)53/h10-12,15-26,31,35,42-43,49,54-61,65-67,81-82,95-98H,8-9,13-14,27-30,32-34,36-41H2,1-7H3,(H2,80,103)(H,83,100)(H,84,109)(H,85,107)(H,86,104)(H,87,105)(H,88,108)(H,89,111)(H,90,113)(H,91,112)(H,92,99)(H,93,106)(H,94,110)(H,101,102)/t42-,43-,49?,54+,55+,56+,57+,58+,59+,60+,61+,65+,66+,67-/m1/s1. The predicted molar refractivity (Wildman–Crippen MR) is 430 cm³/mol. The molecule has 1 unspecified atom stereocenters. The molecule has 2 aliphatic rings. The smallest absolute Gasteiger partial charge is 0.303 e. The van der Waals surface area contributed by atoms with E-state index in [9.17, 15) is 87.9 Å². The number of carbonyl (C=O) groups excluding carboxylic acids is 12. The lowest BCUT2D eigenvalue weighted by Crippen LogP contribution is -2.63. The number of rotatable bonds is 18. The van der Waals surface area contributed by atoms with Gasteiger partial charge < -0.3 is 105 Å². The summed E-state index contributed by atoms with van der Waals surface area (Å²) < 4.78 is 0. The second kappa shape index (κ2) is 44.3. The second-order valence-corrected chi connectivity index (χ2v) is 31.9. The molecule has 36 heteroatoms. The Morgan fingerprint density at radius 3 is 1.49 bits per heavy atom. The number of nitrogens with one attached hydrogen (secondary N) is 14. The Kier molecular flexibility index (Phi) is 35.2. The Bertz CT molecular complexity index is 4290. The van der Waals surface area contributed by atoms with Gasteiger partial charge in [-0.3, -0.25) is 67.1 Å². The van der Waals surface area contributed by atoms with Crippen molar-refractivity contribution >= 4 is 111 Å². The zero-order valence-electron chi connectivity index (χ0n) is 65.3. The molecule has 3 heterocycles. The highest BCUT2D eigenvalue weighted by Gasteiger charge is 2.41. The zero-order chi connectivity index (χ0) is 84.2. The third-order valence-electron chi connectivity index (χ3n) is 19.2. The van der Waals surface area contributed by atoms with Crippen LogP contribution in [-0.2, 0) is 93.1 Å². The number of fused-ring (bicyclic) bond motifs is 3. The van der Waals surface area contributed by atoms with E-state index in [1.54, 1.807) is 58.9 Å². The number of thioether (sulfide) groups is 2. The summed E-state index contributed by atoms with van der Waals surface area (Å²) in [5, 5.41) is 88.3. The Morgan fingerprint density at radius 2 is 0.983 bits per heavy atom. The third-order valence-corrected chi connectivity index (χ3v) is 21.3. The summed E-state index contributed by atoms with van der Waals surface area (Å²) in [6, 6.07) is 8.33. The topological polar surface area (TPSA) is 538 Å². The lowest BCUT2D eigenvalue weighted by atomic mass is 9.85. The molecule has 1 saturated heterocycles. The number of aliphatic hydroxyl groups excluding tert-OH is 2. The van der Waals surface area contributed by atoms with Crippen molar-refractivity contribution in [2.75, 3.05) is 24.7 Å². The molecule has 7 rings (SSSR count). The van der Waals surface area contributed by atoms with Crippen LogP contribution in [0.2, 0.25) is 0 Å². The first kappa shape index (κ1) is 91.5. The van der Waals surface area contributed by atoms with Gasteiger partial charge in [0.2, 0.25) is 76.4 Å². The molecule has 14 atom stereocenters. The average molecular weight is 1630 g/mol. The number of aromatic amines is 1. The summed E-state index contributed by atoms with van der Waals surface area (Å²) in [7, 11) is 0. The van der Waals surface area contributed by atoms with Crippen LogP contribution in [0.4, 0.5) is 0 Å². The molecule has 12 amide bonds. The largest absolute Gasteiger partial charge is 0.508 e. The Hall–Kier alpha value is -10.7. The van der Waals surface area contributed by atoms with Crippen LogP contribution in [0, 0.1) is 5.41 Å². The molecule has 0 spiro atoms. The molecule has 0 radical (unpaired) electrons. The molecule has 4 aromatic carbocycles. The van der Waals surface area contributed by atoms with E-state index in [4.69, 9.17) is 5.73 Å². The molecule has 2 bridgehead atoms. The molecule has 5 aromatic rings. The second-order valence-electron chi connectivity index (χ2n) is 29.8. The zero-order valence-corrected chi connectivity index (χ0v) is 66.9. The van der Waals surface area contributed by atoms with E-state index in [1.807, 2.05) is 24.3 Å². The van der Waals surface area contributed by atoms with Crippen LogP contribution in [-0.4, -0.2) is 217 Å². The summed E-state index contributed by atoms with van der Waals surface area (Å²) >= 11 is 2.67. The van der Waals surface area contributed by atoms with Crippen LogP contribution >= 0.6 is 23.5 Å². The summed E-state index contributed by atoms with van der Waals surface area (Å²) in [6.45, 7) is 11.4. The van der Waals surface area contributed by atoms with Crippen molar-refractivity contribution in [2.45, 2.75) is 215 Å². The van der Waals surface area contributed by atoms with Crippen molar-refractivity contribution in [3.8, 4) is 11.5 Å². The summed E-state index contributed by atoms with van der Waals surface area (Å²) in [6.07, 6.45) is -5.85. The van der Waals surface area contributed by atoms with E-state index in [0.717, 1.165) is 11.1 Å². The number of aliphatic carboxylic acids is 1. The van der Waals surface area contributed by atoms with Gasteiger partial charge in [-0.1, -0.05) is 114 Å². The fourth-order valence-electron chi connectivity index (χ4n) is 12.9. The van der Waals surface area contributed by atoms with Gasteiger partial charge in [-0.2, -0.15) is 23.5 Å². The maximum absolute atomic E-state index is 15.2. The van der Waals surface area contributed by atoms with E-state index in [-0.39, 0.29) is 74.2 Å². The Labute approximate surface area is 673 Å².